The molecule has 2 rings (SSSR count). The number of aliphatic carboxylic acids is 1. The Bertz CT molecular complexity index is 407. The molecule has 1 aliphatic rings. The molecular weight excluding hydrogens is 200 g/mol. The van der Waals surface area contributed by atoms with Crippen molar-refractivity contribution in [3.63, 3.8) is 0 Å². The lowest BCUT2D eigenvalue weighted by atomic mass is 9.78. The Morgan fingerprint density at radius 2 is 2.06 bits per heavy atom. The maximum absolute atomic E-state index is 11.4. The summed E-state index contributed by atoms with van der Waals surface area (Å²) >= 11 is 0. The molecule has 2 nitrogen and oxygen atoms in total. The molecule has 2 heteroatoms. The van der Waals surface area contributed by atoms with Gasteiger partial charge in [-0.3, -0.25) is 4.79 Å². The first-order valence-corrected chi connectivity index (χ1v) is 5.82. The van der Waals surface area contributed by atoms with Crippen LogP contribution in [0.1, 0.15) is 30.9 Å². The molecule has 1 aliphatic carbocycles. The number of benzene rings is 1. The SMILES string of the molecule is Cc1ccccc1CC(C)(C(=O)O)C1CC1. The molecule has 86 valence electrons. The van der Waals surface area contributed by atoms with E-state index >= 15 is 0 Å². The van der Waals surface area contributed by atoms with Crippen LogP contribution in [0.2, 0.25) is 0 Å². The highest BCUT2D eigenvalue weighted by atomic mass is 16.4. The molecule has 0 amide bonds. The Hall–Kier alpha value is -1.31. The fourth-order valence-corrected chi connectivity index (χ4v) is 2.32. The molecule has 0 saturated heterocycles. The first-order chi connectivity index (χ1) is 7.54. The monoisotopic (exact) mass is 218 g/mol. The molecule has 1 aromatic rings. The van der Waals surface area contributed by atoms with Gasteiger partial charge in [0.15, 0.2) is 0 Å². The molecule has 0 aliphatic heterocycles. The summed E-state index contributed by atoms with van der Waals surface area (Å²) in [5.74, 6) is -0.289. The largest absolute Gasteiger partial charge is 0.481 e. The minimum absolute atomic E-state index is 0.365. The van der Waals surface area contributed by atoms with Gasteiger partial charge in [-0.25, -0.2) is 0 Å². The van der Waals surface area contributed by atoms with Gasteiger partial charge in [0, 0.05) is 0 Å². The molecule has 0 heterocycles. The van der Waals surface area contributed by atoms with Crippen LogP contribution in [0.4, 0.5) is 0 Å². The highest BCUT2D eigenvalue weighted by Gasteiger charge is 2.47. The van der Waals surface area contributed by atoms with Crippen LogP contribution in [0.15, 0.2) is 24.3 Å². The maximum atomic E-state index is 11.4. The lowest BCUT2D eigenvalue weighted by Gasteiger charge is -2.25. The van der Waals surface area contributed by atoms with Crippen LogP contribution in [0.3, 0.4) is 0 Å². The van der Waals surface area contributed by atoms with Gasteiger partial charge in [-0.15, -0.1) is 0 Å². The van der Waals surface area contributed by atoms with Crippen LogP contribution in [-0.4, -0.2) is 11.1 Å². The van der Waals surface area contributed by atoms with Gasteiger partial charge < -0.3 is 5.11 Å². The average Bonchev–Trinajstić information content (AvgIpc) is 3.04. The van der Waals surface area contributed by atoms with E-state index in [0.717, 1.165) is 12.8 Å². The molecule has 1 N–H and O–H groups in total. The van der Waals surface area contributed by atoms with Crippen molar-refractivity contribution < 1.29 is 9.90 Å². The van der Waals surface area contributed by atoms with Crippen molar-refractivity contribution in [2.75, 3.05) is 0 Å². The Morgan fingerprint density at radius 1 is 1.44 bits per heavy atom. The molecule has 1 aromatic carbocycles. The second kappa shape index (κ2) is 3.93. The van der Waals surface area contributed by atoms with E-state index in [4.69, 9.17) is 0 Å². The van der Waals surface area contributed by atoms with E-state index in [1.54, 1.807) is 0 Å². The molecule has 0 aromatic heterocycles. The topological polar surface area (TPSA) is 37.3 Å². The highest BCUT2D eigenvalue weighted by Crippen LogP contribution is 2.47. The van der Waals surface area contributed by atoms with Crippen LogP contribution >= 0.6 is 0 Å². The summed E-state index contributed by atoms with van der Waals surface area (Å²) in [7, 11) is 0. The van der Waals surface area contributed by atoms with Crippen LogP contribution in [0.5, 0.6) is 0 Å². The molecule has 1 fully saturated rings. The summed E-state index contributed by atoms with van der Waals surface area (Å²) in [6, 6.07) is 8.06. The molecule has 1 unspecified atom stereocenters. The van der Waals surface area contributed by atoms with Gasteiger partial charge in [-0.1, -0.05) is 24.3 Å². The second-order valence-corrected chi connectivity index (χ2v) is 5.10. The van der Waals surface area contributed by atoms with Gasteiger partial charge in [0.1, 0.15) is 0 Å². The van der Waals surface area contributed by atoms with E-state index in [2.05, 4.69) is 0 Å². The minimum Gasteiger partial charge on any atom is -0.481 e. The zero-order valence-corrected chi connectivity index (χ0v) is 9.86. The average molecular weight is 218 g/mol. The lowest BCUT2D eigenvalue weighted by Crippen LogP contribution is -2.32. The standard InChI is InChI=1S/C14H18O2/c1-10-5-3-4-6-11(10)9-14(2,13(15)16)12-7-8-12/h3-6,12H,7-9H2,1-2H3,(H,15,16). The number of carboxylic acid groups (broad SMARTS) is 1. The van der Waals surface area contributed by atoms with Crippen LogP contribution in [-0.2, 0) is 11.2 Å². The summed E-state index contributed by atoms with van der Waals surface area (Å²) in [6.07, 6.45) is 2.78. The van der Waals surface area contributed by atoms with Crippen molar-refractivity contribution in [2.45, 2.75) is 33.1 Å². The fourth-order valence-electron chi connectivity index (χ4n) is 2.32. The molecule has 1 atom stereocenters. The first-order valence-electron chi connectivity index (χ1n) is 5.82. The van der Waals surface area contributed by atoms with Crippen molar-refractivity contribution in [1.82, 2.24) is 0 Å². The Balaban J connectivity index is 2.24. The van der Waals surface area contributed by atoms with E-state index in [-0.39, 0.29) is 0 Å². The summed E-state index contributed by atoms with van der Waals surface area (Å²) in [4.78, 5) is 11.4. The molecule has 16 heavy (non-hydrogen) atoms. The van der Waals surface area contributed by atoms with E-state index in [1.165, 1.54) is 11.1 Å². The third-order valence-electron chi connectivity index (χ3n) is 3.79. The maximum Gasteiger partial charge on any atom is 0.309 e. The van der Waals surface area contributed by atoms with Gasteiger partial charge in [-0.2, -0.15) is 0 Å². The van der Waals surface area contributed by atoms with Crippen LogP contribution < -0.4 is 0 Å². The Kier molecular flexibility index (Phi) is 2.75. The van der Waals surface area contributed by atoms with E-state index in [1.807, 2.05) is 38.1 Å². The summed E-state index contributed by atoms with van der Waals surface area (Å²) in [5.41, 5.74) is 1.78. The second-order valence-electron chi connectivity index (χ2n) is 5.10. The van der Waals surface area contributed by atoms with Gasteiger partial charge >= 0.3 is 5.97 Å². The highest BCUT2D eigenvalue weighted by molar-refractivity contribution is 5.75. The van der Waals surface area contributed by atoms with Gasteiger partial charge in [0.25, 0.3) is 0 Å². The summed E-state index contributed by atoms with van der Waals surface area (Å²) in [5, 5.41) is 9.40. The summed E-state index contributed by atoms with van der Waals surface area (Å²) in [6.45, 7) is 3.93. The molecular formula is C14H18O2. The van der Waals surface area contributed by atoms with Crippen molar-refractivity contribution in [3.05, 3.63) is 35.4 Å². The number of hydrogen-bond acceptors (Lipinski definition) is 1. The Morgan fingerprint density at radius 3 is 2.56 bits per heavy atom. The van der Waals surface area contributed by atoms with Crippen molar-refractivity contribution in [2.24, 2.45) is 11.3 Å². The van der Waals surface area contributed by atoms with E-state index < -0.39 is 11.4 Å². The molecule has 0 spiro atoms. The van der Waals surface area contributed by atoms with Crippen molar-refractivity contribution >= 4 is 5.97 Å². The number of rotatable bonds is 4. The van der Waals surface area contributed by atoms with Gasteiger partial charge in [-0.05, 0) is 50.2 Å². The predicted octanol–water partition coefficient (Wildman–Crippen LogP) is 3.04. The molecule has 0 radical (unpaired) electrons. The number of hydrogen-bond donors (Lipinski definition) is 1. The minimum atomic E-state index is -0.654. The number of aryl methyl sites for hydroxylation is 1. The summed E-state index contributed by atoms with van der Waals surface area (Å²) < 4.78 is 0. The third kappa shape index (κ3) is 1.97. The van der Waals surface area contributed by atoms with Crippen molar-refractivity contribution in [1.29, 1.82) is 0 Å². The Labute approximate surface area is 96.3 Å². The smallest absolute Gasteiger partial charge is 0.309 e. The zero-order valence-electron chi connectivity index (χ0n) is 9.86. The quantitative estimate of drug-likeness (QED) is 0.843. The normalized spacial score (nSPS) is 19.1. The van der Waals surface area contributed by atoms with E-state index in [9.17, 15) is 9.90 Å². The molecule has 0 bridgehead atoms. The van der Waals surface area contributed by atoms with Crippen molar-refractivity contribution in [3.8, 4) is 0 Å². The molecule has 1 saturated carbocycles. The van der Waals surface area contributed by atoms with E-state index in [0.29, 0.717) is 12.3 Å². The first kappa shape index (κ1) is 11.2. The van der Waals surface area contributed by atoms with Crippen LogP contribution in [0, 0.1) is 18.3 Å². The lowest BCUT2D eigenvalue weighted by molar-refractivity contribution is -0.149. The van der Waals surface area contributed by atoms with Gasteiger partial charge in [0.05, 0.1) is 5.41 Å². The third-order valence-corrected chi connectivity index (χ3v) is 3.79. The fraction of sp³-hybridized carbons (Fsp3) is 0.500. The van der Waals surface area contributed by atoms with Gasteiger partial charge in [0.2, 0.25) is 0 Å². The zero-order chi connectivity index (χ0) is 11.8. The number of carboxylic acids is 1. The van der Waals surface area contributed by atoms with Crippen LogP contribution in [0.25, 0.3) is 0 Å². The number of carbonyl (C=O) groups is 1. The predicted molar refractivity (Wildman–Crippen MR) is 63.3 cm³/mol.